The molecule has 0 atom stereocenters. The summed E-state index contributed by atoms with van der Waals surface area (Å²) < 4.78 is 37.2. The van der Waals surface area contributed by atoms with E-state index in [1.165, 1.54) is 12.1 Å². The molecule has 6 nitrogen and oxygen atoms in total. The minimum absolute atomic E-state index is 0.0776. The second-order valence-corrected chi connectivity index (χ2v) is 9.24. The SMILES string of the molecule is CCOC(=O)Cn1c(C)c(Oc2ccc(S(C)(=O)=O)cc2)c2cc(Br)ccc21. The Morgan fingerprint density at radius 1 is 1.14 bits per heavy atom. The largest absolute Gasteiger partial charge is 0.465 e. The maximum Gasteiger partial charge on any atom is 0.325 e. The maximum atomic E-state index is 12.0. The normalized spacial score (nSPS) is 11.6. The monoisotopic (exact) mass is 465 g/mol. The first-order valence-corrected chi connectivity index (χ1v) is 11.3. The molecule has 0 spiro atoms. The molecule has 0 aliphatic heterocycles. The molecular formula is C20H20BrNO5S. The number of hydrogen-bond acceptors (Lipinski definition) is 5. The zero-order chi connectivity index (χ0) is 20.5. The fourth-order valence-electron chi connectivity index (χ4n) is 2.96. The Hall–Kier alpha value is -2.32. The number of hydrogen-bond donors (Lipinski definition) is 0. The van der Waals surface area contributed by atoms with Crippen molar-refractivity contribution in [3.8, 4) is 11.5 Å². The van der Waals surface area contributed by atoms with Crippen LogP contribution in [-0.4, -0.2) is 31.8 Å². The van der Waals surface area contributed by atoms with Crippen LogP contribution in [-0.2, 0) is 25.9 Å². The van der Waals surface area contributed by atoms with Crippen LogP contribution in [0.2, 0.25) is 0 Å². The molecule has 0 radical (unpaired) electrons. The van der Waals surface area contributed by atoms with E-state index in [-0.39, 0.29) is 17.4 Å². The summed E-state index contributed by atoms with van der Waals surface area (Å²) in [6.07, 6.45) is 1.16. The summed E-state index contributed by atoms with van der Waals surface area (Å²) in [5.41, 5.74) is 1.62. The molecule has 0 aliphatic rings. The van der Waals surface area contributed by atoms with Gasteiger partial charge in [-0.3, -0.25) is 4.79 Å². The van der Waals surface area contributed by atoms with Crippen LogP contribution >= 0.6 is 15.9 Å². The zero-order valence-electron chi connectivity index (χ0n) is 15.7. The Kier molecular flexibility index (Phi) is 5.81. The third-order valence-electron chi connectivity index (χ3n) is 4.29. The zero-order valence-corrected chi connectivity index (χ0v) is 18.1. The molecule has 0 aliphatic carbocycles. The van der Waals surface area contributed by atoms with Crippen LogP contribution in [0, 0.1) is 6.92 Å². The van der Waals surface area contributed by atoms with E-state index in [9.17, 15) is 13.2 Å². The lowest BCUT2D eigenvalue weighted by Gasteiger charge is -2.09. The third kappa shape index (κ3) is 4.23. The summed E-state index contributed by atoms with van der Waals surface area (Å²) in [7, 11) is -3.27. The number of esters is 1. The van der Waals surface area contributed by atoms with Crippen molar-refractivity contribution in [1.29, 1.82) is 0 Å². The second-order valence-electron chi connectivity index (χ2n) is 6.31. The lowest BCUT2D eigenvalue weighted by Crippen LogP contribution is -2.14. The van der Waals surface area contributed by atoms with Gasteiger partial charge in [-0.25, -0.2) is 8.42 Å². The van der Waals surface area contributed by atoms with Crippen LogP contribution in [0.5, 0.6) is 11.5 Å². The van der Waals surface area contributed by atoms with Gasteiger partial charge in [0.05, 0.1) is 22.7 Å². The van der Waals surface area contributed by atoms with Crippen LogP contribution in [0.3, 0.4) is 0 Å². The maximum absolute atomic E-state index is 12.0. The Morgan fingerprint density at radius 3 is 2.43 bits per heavy atom. The molecule has 3 aromatic rings. The number of halogens is 1. The molecule has 1 heterocycles. The number of fused-ring (bicyclic) bond motifs is 1. The highest BCUT2D eigenvalue weighted by atomic mass is 79.9. The van der Waals surface area contributed by atoms with Crippen LogP contribution in [0.1, 0.15) is 12.6 Å². The van der Waals surface area contributed by atoms with Crippen molar-refractivity contribution in [2.75, 3.05) is 12.9 Å². The average molecular weight is 466 g/mol. The highest BCUT2D eigenvalue weighted by molar-refractivity contribution is 9.10. The van der Waals surface area contributed by atoms with E-state index < -0.39 is 9.84 Å². The highest BCUT2D eigenvalue weighted by Crippen LogP contribution is 2.37. The predicted molar refractivity (Wildman–Crippen MR) is 111 cm³/mol. The molecule has 0 amide bonds. The Labute approximate surface area is 172 Å². The van der Waals surface area contributed by atoms with Gasteiger partial charge in [-0.05, 0) is 56.3 Å². The van der Waals surface area contributed by atoms with E-state index in [1.54, 1.807) is 19.1 Å². The summed E-state index contributed by atoms with van der Waals surface area (Å²) in [6, 6.07) is 12.0. The molecule has 3 rings (SSSR count). The van der Waals surface area contributed by atoms with Gasteiger partial charge >= 0.3 is 5.97 Å². The lowest BCUT2D eigenvalue weighted by molar-refractivity contribution is -0.143. The first-order chi connectivity index (χ1) is 13.2. The molecule has 1 aromatic heterocycles. The van der Waals surface area contributed by atoms with E-state index in [4.69, 9.17) is 9.47 Å². The summed E-state index contributed by atoms with van der Waals surface area (Å²) in [5.74, 6) is 0.785. The van der Waals surface area contributed by atoms with Gasteiger partial charge in [0.1, 0.15) is 12.3 Å². The molecule has 0 saturated carbocycles. The molecule has 0 bridgehead atoms. The van der Waals surface area contributed by atoms with Crippen molar-refractivity contribution < 1.29 is 22.7 Å². The smallest absolute Gasteiger partial charge is 0.325 e. The molecule has 0 saturated heterocycles. The topological polar surface area (TPSA) is 74.6 Å². The second kappa shape index (κ2) is 7.97. The van der Waals surface area contributed by atoms with Gasteiger partial charge in [0.15, 0.2) is 15.6 Å². The summed E-state index contributed by atoms with van der Waals surface area (Å²) in [6.45, 7) is 4.03. The third-order valence-corrected chi connectivity index (χ3v) is 5.91. The van der Waals surface area contributed by atoms with Gasteiger partial charge in [0.2, 0.25) is 0 Å². The van der Waals surface area contributed by atoms with Gasteiger partial charge < -0.3 is 14.0 Å². The van der Waals surface area contributed by atoms with Gasteiger partial charge in [-0.15, -0.1) is 0 Å². The van der Waals surface area contributed by atoms with Crippen molar-refractivity contribution >= 4 is 42.6 Å². The molecule has 0 unspecified atom stereocenters. The standard InChI is InChI=1S/C20H20BrNO5S/c1-4-26-19(23)12-22-13(2)20(17-11-14(21)5-10-18(17)22)27-15-6-8-16(9-7-15)28(3,24)25/h5-11H,4,12H2,1-3H3. The van der Waals surface area contributed by atoms with E-state index in [0.29, 0.717) is 18.1 Å². The number of ether oxygens (including phenoxy) is 2. The lowest BCUT2D eigenvalue weighted by atomic mass is 10.2. The van der Waals surface area contributed by atoms with Crippen molar-refractivity contribution in [3.63, 3.8) is 0 Å². The van der Waals surface area contributed by atoms with Crippen LogP contribution in [0.4, 0.5) is 0 Å². The fraction of sp³-hybridized carbons (Fsp3) is 0.250. The molecule has 28 heavy (non-hydrogen) atoms. The minimum Gasteiger partial charge on any atom is -0.465 e. The summed E-state index contributed by atoms with van der Waals surface area (Å²) >= 11 is 3.47. The van der Waals surface area contributed by atoms with Crippen molar-refractivity contribution in [1.82, 2.24) is 4.57 Å². The van der Waals surface area contributed by atoms with E-state index in [0.717, 1.165) is 27.3 Å². The van der Waals surface area contributed by atoms with Crippen molar-refractivity contribution in [3.05, 3.63) is 52.6 Å². The van der Waals surface area contributed by atoms with Crippen molar-refractivity contribution in [2.45, 2.75) is 25.3 Å². The number of rotatable bonds is 6. The van der Waals surface area contributed by atoms with Crippen LogP contribution in [0.15, 0.2) is 51.8 Å². The minimum atomic E-state index is -3.27. The van der Waals surface area contributed by atoms with Gasteiger partial charge in [0.25, 0.3) is 0 Å². The average Bonchev–Trinajstić information content (AvgIpc) is 2.87. The number of sulfone groups is 1. The van der Waals surface area contributed by atoms with Crippen LogP contribution in [0.25, 0.3) is 10.9 Å². The summed E-state index contributed by atoms with van der Waals surface area (Å²) in [5, 5.41) is 0.836. The quantitative estimate of drug-likeness (QED) is 0.501. The number of benzene rings is 2. The Morgan fingerprint density at radius 2 is 1.82 bits per heavy atom. The van der Waals surface area contributed by atoms with E-state index in [1.807, 2.05) is 29.7 Å². The van der Waals surface area contributed by atoms with Gasteiger partial charge in [-0.1, -0.05) is 15.9 Å². The first-order valence-electron chi connectivity index (χ1n) is 8.62. The van der Waals surface area contributed by atoms with E-state index >= 15 is 0 Å². The number of carbonyl (C=O) groups is 1. The number of nitrogens with zero attached hydrogens (tertiary/aromatic N) is 1. The number of carbonyl (C=O) groups excluding carboxylic acids is 1. The highest BCUT2D eigenvalue weighted by Gasteiger charge is 2.19. The predicted octanol–water partition coefficient (Wildman–Crippen LogP) is 4.47. The molecule has 0 fully saturated rings. The molecule has 0 N–H and O–H groups in total. The Balaban J connectivity index is 2.04. The fourth-order valence-corrected chi connectivity index (χ4v) is 3.96. The molecule has 8 heteroatoms. The van der Waals surface area contributed by atoms with Gasteiger partial charge in [0, 0.05) is 16.1 Å². The Bertz CT molecular complexity index is 1130. The number of aromatic nitrogens is 1. The van der Waals surface area contributed by atoms with E-state index in [2.05, 4.69) is 15.9 Å². The van der Waals surface area contributed by atoms with Crippen molar-refractivity contribution in [2.24, 2.45) is 0 Å². The van der Waals surface area contributed by atoms with Gasteiger partial charge in [-0.2, -0.15) is 0 Å². The molecule has 148 valence electrons. The molecule has 2 aromatic carbocycles. The summed E-state index contributed by atoms with van der Waals surface area (Å²) in [4.78, 5) is 12.3. The van der Waals surface area contributed by atoms with Crippen LogP contribution < -0.4 is 4.74 Å². The molecular weight excluding hydrogens is 446 g/mol. The first kappa shape index (κ1) is 20.4.